The summed E-state index contributed by atoms with van der Waals surface area (Å²) in [5.74, 6) is -0.158. The van der Waals surface area contributed by atoms with Crippen molar-refractivity contribution in [1.29, 1.82) is 0 Å². The van der Waals surface area contributed by atoms with Crippen LogP contribution < -0.4 is 5.32 Å². The SMILES string of the molecule is O=C(NCCCc1nc2ccccc2s1)C1=CC=CN2CCS(=O)(=O)N=C12. The van der Waals surface area contributed by atoms with Gasteiger partial charge in [0.15, 0.2) is 5.84 Å². The summed E-state index contributed by atoms with van der Waals surface area (Å²) in [6.07, 6.45) is 6.59. The number of nitrogens with zero attached hydrogens (tertiary/aromatic N) is 3. The zero-order valence-corrected chi connectivity index (χ0v) is 16.1. The van der Waals surface area contributed by atoms with Gasteiger partial charge in [0.05, 0.1) is 26.6 Å². The highest BCUT2D eigenvalue weighted by Crippen LogP contribution is 2.22. The van der Waals surface area contributed by atoms with Crippen LogP contribution in [0.5, 0.6) is 0 Å². The smallest absolute Gasteiger partial charge is 0.256 e. The Morgan fingerprint density at radius 3 is 3.00 bits per heavy atom. The van der Waals surface area contributed by atoms with Crippen LogP contribution in [0.4, 0.5) is 0 Å². The minimum absolute atomic E-state index is 0.0437. The Morgan fingerprint density at radius 2 is 2.15 bits per heavy atom. The Balaban J connectivity index is 1.35. The van der Waals surface area contributed by atoms with E-state index in [4.69, 9.17) is 0 Å². The van der Waals surface area contributed by atoms with E-state index < -0.39 is 10.0 Å². The van der Waals surface area contributed by atoms with Crippen molar-refractivity contribution in [2.75, 3.05) is 18.8 Å². The lowest BCUT2D eigenvalue weighted by Crippen LogP contribution is -2.42. The Hall–Kier alpha value is -2.52. The lowest BCUT2D eigenvalue weighted by atomic mass is 10.1. The number of amides is 1. The molecule has 0 saturated heterocycles. The molecule has 2 aromatic rings. The molecule has 3 heterocycles. The summed E-state index contributed by atoms with van der Waals surface area (Å²) in [6, 6.07) is 8.00. The molecule has 1 amide bonds. The number of allylic oxidation sites excluding steroid dienone is 2. The number of nitrogens with one attached hydrogen (secondary N) is 1. The summed E-state index contributed by atoms with van der Waals surface area (Å²) >= 11 is 1.66. The predicted octanol–water partition coefficient (Wildman–Crippen LogP) is 1.84. The molecule has 27 heavy (non-hydrogen) atoms. The number of hydrogen-bond acceptors (Lipinski definition) is 6. The van der Waals surface area contributed by atoms with Crippen molar-refractivity contribution in [2.24, 2.45) is 4.40 Å². The third-order valence-corrected chi connectivity index (χ3v) is 6.54. The highest BCUT2D eigenvalue weighted by atomic mass is 32.2. The van der Waals surface area contributed by atoms with Gasteiger partial charge in [0, 0.05) is 25.7 Å². The number of fused-ring (bicyclic) bond motifs is 2. The van der Waals surface area contributed by atoms with Gasteiger partial charge in [-0.3, -0.25) is 4.79 Å². The van der Waals surface area contributed by atoms with Crippen LogP contribution in [0.1, 0.15) is 11.4 Å². The molecule has 0 aliphatic carbocycles. The number of rotatable bonds is 5. The van der Waals surface area contributed by atoms with Crippen molar-refractivity contribution in [3.63, 3.8) is 0 Å². The summed E-state index contributed by atoms with van der Waals surface area (Å²) in [5, 5.41) is 3.89. The van der Waals surface area contributed by atoms with Crippen LogP contribution in [0.15, 0.2) is 52.6 Å². The number of aromatic nitrogens is 1. The molecule has 2 aliphatic rings. The molecule has 0 radical (unpaired) electrons. The minimum atomic E-state index is -3.51. The monoisotopic (exact) mass is 402 g/mol. The third kappa shape index (κ3) is 3.93. The van der Waals surface area contributed by atoms with E-state index in [0.717, 1.165) is 28.1 Å². The average Bonchev–Trinajstić information content (AvgIpc) is 3.06. The minimum Gasteiger partial charge on any atom is -0.352 e. The number of thiazole rings is 1. The molecule has 9 heteroatoms. The molecule has 1 N–H and O–H groups in total. The third-order valence-electron chi connectivity index (χ3n) is 4.29. The molecule has 0 bridgehead atoms. The average molecular weight is 403 g/mol. The second-order valence-electron chi connectivity index (χ2n) is 6.25. The Labute approximate surface area is 161 Å². The standard InChI is InChI=1S/C18H18N4O3S2/c23-18(13-5-4-10-22-11-12-27(24,25)21-17(13)22)19-9-3-8-16-20-14-6-1-2-7-15(14)26-16/h1-2,4-7,10H,3,8-9,11-12H2,(H,19,23). The van der Waals surface area contributed by atoms with Crippen molar-refractivity contribution in [3.8, 4) is 0 Å². The summed E-state index contributed by atoms with van der Waals surface area (Å²) in [7, 11) is -3.51. The van der Waals surface area contributed by atoms with Gasteiger partial charge in [-0.15, -0.1) is 15.7 Å². The first kappa shape index (κ1) is 17.9. The Bertz CT molecular complexity index is 1050. The number of sulfonamides is 1. The first-order valence-corrected chi connectivity index (χ1v) is 11.1. The lowest BCUT2D eigenvalue weighted by molar-refractivity contribution is -0.117. The molecular formula is C18H18N4O3S2. The molecular weight excluding hydrogens is 384 g/mol. The van der Waals surface area contributed by atoms with E-state index in [9.17, 15) is 13.2 Å². The number of amidine groups is 1. The summed E-state index contributed by atoms with van der Waals surface area (Å²) in [4.78, 5) is 18.8. The molecule has 0 fully saturated rings. The number of benzene rings is 1. The van der Waals surface area contributed by atoms with Gasteiger partial charge in [0.1, 0.15) is 0 Å². The van der Waals surface area contributed by atoms with Crippen LogP contribution in [-0.2, 0) is 21.2 Å². The second kappa shape index (κ2) is 7.24. The van der Waals surface area contributed by atoms with E-state index >= 15 is 0 Å². The number of carbonyl (C=O) groups excluding carboxylic acids is 1. The van der Waals surface area contributed by atoms with Gasteiger partial charge in [0.2, 0.25) is 0 Å². The number of para-hydroxylation sites is 1. The summed E-state index contributed by atoms with van der Waals surface area (Å²) in [6.45, 7) is 0.787. The first-order chi connectivity index (χ1) is 13.0. The van der Waals surface area contributed by atoms with Crippen molar-refractivity contribution < 1.29 is 13.2 Å². The van der Waals surface area contributed by atoms with Crippen LogP contribution in [0, 0.1) is 0 Å². The van der Waals surface area contributed by atoms with Crippen molar-refractivity contribution in [3.05, 3.63) is 53.2 Å². The predicted molar refractivity (Wildman–Crippen MR) is 106 cm³/mol. The van der Waals surface area contributed by atoms with Crippen molar-refractivity contribution >= 4 is 43.3 Å². The van der Waals surface area contributed by atoms with Gasteiger partial charge in [-0.2, -0.15) is 0 Å². The van der Waals surface area contributed by atoms with Gasteiger partial charge < -0.3 is 10.2 Å². The van der Waals surface area contributed by atoms with Gasteiger partial charge in [-0.05, 0) is 30.7 Å². The molecule has 4 rings (SSSR count). The number of hydrogen-bond donors (Lipinski definition) is 1. The number of carbonyl (C=O) groups is 1. The zero-order valence-electron chi connectivity index (χ0n) is 14.5. The van der Waals surface area contributed by atoms with Crippen LogP contribution in [0.2, 0.25) is 0 Å². The molecule has 7 nitrogen and oxygen atoms in total. The summed E-state index contributed by atoms with van der Waals surface area (Å²) < 4.78 is 28.4. The normalized spacial score (nSPS) is 18.0. The van der Waals surface area contributed by atoms with Gasteiger partial charge in [-0.1, -0.05) is 12.1 Å². The fourth-order valence-electron chi connectivity index (χ4n) is 2.96. The van der Waals surface area contributed by atoms with Crippen LogP contribution in [0.25, 0.3) is 10.2 Å². The van der Waals surface area contributed by atoms with E-state index in [1.807, 2.05) is 24.3 Å². The molecule has 140 valence electrons. The molecule has 0 unspecified atom stereocenters. The summed E-state index contributed by atoms with van der Waals surface area (Å²) in [5.41, 5.74) is 1.28. The number of aryl methyl sites for hydroxylation is 1. The van der Waals surface area contributed by atoms with Crippen molar-refractivity contribution in [1.82, 2.24) is 15.2 Å². The lowest BCUT2D eigenvalue weighted by Gasteiger charge is -2.28. The molecule has 0 spiro atoms. The quantitative estimate of drug-likeness (QED) is 0.771. The molecule has 0 atom stereocenters. The largest absolute Gasteiger partial charge is 0.352 e. The fourth-order valence-corrected chi connectivity index (χ4v) is 4.95. The van der Waals surface area contributed by atoms with Crippen LogP contribution >= 0.6 is 11.3 Å². The van der Waals surface area contributed by atoms with E-state index in [1.165, 1.54) is 0 Å². The van der Waals surface area contributed by atoms with Crippen LogP contribution in [0.3, 0.4) is 0 Å². The zero-order chi connectivity index (χ0) is 18.9. The van der Waals surface area contributed by atoms with Gasteiger partial charge in [0.25, 0.3) is 15.9 Å². The molecule has 1 aromatic heterocycles. The molecule has 1 aromatic carbocycles. The second-order valence-corrected chi connectivity index (χ2v) is 9.12. The fraction of sp³-hybridized carbons (Fsp3) is 0.278. The van der Waals surface area contributed by atoms with E-state index in [0.29, 0.717) is 13.1 Å². The Kier molecular flexibility index (Phi) is 4.79. The topological polar surface area (TPSA) is 91.7 Å². The van der Waals surface area contributed by atoms with E-state index in [1.54, 1.807) is 34.6 Å². The van der Waals surface area contributed by atoms with Gasteiger partial charge >= 0.3 is 0 Å². The van der Waals surface area contributed by atoms with E-state index in [2.05, 4.69) is 14.7 Å². The first-order valence-electron chi connectivity index (χ1n) is 8.63. The Morgan fingerprint density at radius 1 is 1.30 bits per heavy atom. The van der Waals surface area contributed by atoms with Crippen molar-refractivity contribution in [2.45, 2.75) is 12.8 Å². The van der Waals surface area contributed by atoms with Crippen LogP contribution in [-0.4, -0.2) is 48.9 Å². The molecule has 0 saturated carbocycles. The van der Waals surface area contributed by atoms with E-state index in [-0.39, 0.29) is 23.1 Å². The molecule has 2 aliphatic heterocycles. The highest BCUT2D eigenvalue weighted by Gasteiger charge is 2.29. The maximum atomic E-state index is 12.5. The highest BCUT2D eigenvalue weighted by molar-refractivity contribution is 7.90. The van der Waals surface area contributed by atoms with Gasteiger partial charge in [-0.25, -0.2) is 13.4 Å². The maximum Gasteiger partial charge on any atom is 0.256 e. The maximum absolute atomic E-state index is 12.5.